The van der Waals surface area contributed by atoms with Crippen LogP contribution in [0.4, 0.5) is 0 Å². The third-order valence-electron chi connectivity index (χ3n) is 1.72. The van der Waals surface area contributed by atoms with Crippen molar-refractivity contribution in [3.63, 3.8) is 0 Å². The first kappa shape index (κ1) is 18.4. The molecule has 0 aromatic heterocycles. The summed E-state index contributed by atoms with van der Waals surface area (Å²) in [5.74, 6) is 9.74. The predicted molar refractivity (Wildman–Crippen MR) is 80.3 cm³/mol. The third-order valence-corrected chi connectivity index (χ3v) is 1.72. The monoisotopic (exact) mass is 318 g/mol. The first-order chi connectivity index (χ1) is 7.45. The molecule has 0 atom stereocenters. The number of ether oxygens (including phenoxy) is 1. The number of hydrazine groups is 1. The zero-order valence-electron chi connectivity index (χ0n) is 9.34. The second kappa shape index (κ2) is 11.5. The molecule has 5 heteroatoms. The number of rotatable bonds is 2. The summed E-state index contributed by atoms with van der Waals surface area (Å²) < 4.78 is 5.58. The standard InChI is InChI=1S/C12H10O.H4N2.H2S.H2Se/c1-3-7-11(8-4-1)13-12-9-5-2-6-10-12;1-2;;/h1-10H;1-2H2;2*1H2. The Morgan fingerprint density at radius 3 is 1.24 bits per heavy atom. The van der Waals surface area contributed by atoms with Gasteiger partial charge in [0.15, 0.2) is 0 Å². The van der Waals surface area contributed by atoms with E-state index in [1.807, 2.05) is 60.7 Å². The summed E-state index contributed by atoms with van der Waals surface area (Å²) in [5, 5.41) is 0. The van der Waals surface area contributed by atoms with Gasteiger partial charge in [0, 0.05) is 0 Å². The van der Waals surface area contributed by atoms with Gasteiger partial charge in [-0.3, -0.25) is 11.7 Å². The van der Waals surface area contributed by atoms with Crippen molar-refractivity contribution in [3.05, 3.63) is 60.7 Å². The van der Waals surface area contributed by atoms with Crippen LogP contribution in [0.15, 0.2) is 60.7 Å². The van der Waals surface area contributed by atoms with Crippen molar-refractivity contribution in [2.75, 3.05) is 0 Å². The van der Waals surface area contributed by atoms with Crippen molar-refractivity contribution in [3.8, 4) is 11.5 Å². The fraction of sp³-hybridized carbons (Fsp3) is 0. The first-order valence-electron chi connectivity index (χ1n) is 4.56. The molecular weight excluding hydrogens is 299 g/mol. The normalized spacial score (nSPS) is 7.65. The Morgan fingerprint density at radius 2 is 0.941 bits per heavy atom. The van der Waals surface area contributed by atoms with E-state index in [1.54, 1.807) is 0 Å². The summed E-state index contributed by atoms with van der Waals surface area (Å²) >= 11 is 0. The van der Waals surface area contributed by atoms with E-state index in [-0.39, 0.29) is 30.6 Å². The van der Waals surface area contributed by atoms with Crippen LogP contribution in [0.3, 0.4) is 0 Å². The fourth-order valence-electron chi connectivity index (χ4n) is 1.11. The molecule has 0 radical (unpaired) electrons. The summed E-state index contributed by atoms with van der Waals surface area (Å²) in [6, 6.07) is 19.5. The van der Waals surface area contributed by atoms with Crippen LogP contribution in [-0.4, -0.2) is 17.1 Å². The van der Waals surface area contributed by atoms with Gasteiger partial charge in [0.2, 0.25) is 0 Å². The number of hydrogen-bond acceptors (Lipinski definition) is 3. The van der Waals surface area contributed by atoms with Gasteiger partial charge in [-0.1, -0.05) is 36.4 Å². The van der Waals surface area contributed by atoms with Crippen molar-refractivity contribution in [1.29, 1.82) is 0 Å². The molecule has 0 saturated carbocycles. The minimum Gasteiger partial charge on any atom is -0.457 e. The van der Waals surface area contributed by atoms with Gasteiger partial charge >= 0.3 is 17.1 Å². The van der Waals surface area contributed by atoms with Crippen molar-refractivity contribution in [2.24, 2.45) is 11.7 Å². The quantitative estimate of drug-likeness (QED) is 0.501. The second-order valence-corrected chi connectivity index (χ2v) is 2.73. The van der Waals surface area contributed by atoms with Crippen LogP contribution in [0.5, 0.6) is 11.5 Å². The smallest absolute Gasteiger partial charge is 0.127 e. The van der Waals surface area contributed by atoms with E-state index in [4.69, 9.17) is 4.74 Å². The Kier molecular flexibility index (Phi) is 12.5. The molecule has 0 saturated heterocycles. The van der Waals surface area contributed by atoms with Crippen LogP contribution < -0.4 is 16.4 Å². The van der Waals surface area contributed by atoms with Gasteiger partial charge in [-0.25, -0.2) is 0 Å². The molecule has 0 aliphatic heterocycles. The Hall–Kier alpha value is -0.971. The zero-order chi connectivity index (χ0) is 10.9. The van der Waals surface area contributed by atoms with Gasteiger partial charge in [0.1, 0.15) is 11.5 Å². The molecule has 2 aromatic rings. The van der Waals surface area contributed by atoms with Crippen LogP contribution in [0.25, 0.3) is 0 Å². The van der Waals surface area contributed by atoms with Gasteiger partial charge in [-0.05, 0) is 24.3 Å². The minimum absolute atomic E-state index is 0. The van der Waals surface area contributed by atoms with Crippen LogP contribution in [0.1, 0.15) is 0 Å². The van der Waals surface area contributed by atoms with E-state index in [9.17, 15) is 0 Å². The Morgan fingerprint density at radius 1 is 0.647 bits per heavy atom. The summed E-state index contributed by atoms with van der Waals surface area (Å²) in [4.78, 5) is 0. The molecule has 0 aliphatic carbocycles. The average molecular weight is 317 g/mol. The van der Waals surface area contributed by atoms with Crippen LogP contribution in [-0.2, 0) is 0 Å². The van der Waals surface area contributed by atoms with Gasteiger partial charge in [-0.15, -0.1) is 0 Å². The zero-order valence-corrected chi connectivity index (χ0v) is 12.4. The number of para-hydroxylation sites is 2. The topological polar surface area (TPSA) is 61.3 Å². The molecule has 4 N–H and O–H groups in total. The van der Waals surface area contributed by atoms with Crippen molar-refractivity contribution < 1.29 is 4.74 Å². The molecule has 17 heavy (non-hydrogen) atoms. The molecule has 0 bridgehead atoms. The van der Waals surface area contributed by atoms with E-state index in [2.05, 4.69) is 11.7 Å². The van der Waals surface area contributed by atoms with Crippen LogP contribution in [0, 0.1) is 0 Å². The fourth-order valence-corrected chi connectivity index (χ4v) is 1.11. The largest absolute Gasteiger partial charge is 0.457 e. The Labute approximate surface area is 119 Å². The summed E-state index contributed by atoms with van der Waals surface area (Å²) in [7, 11) is 0. The SMILES string of the molecule is NN.S.[SeH2].c1ccc(Oc2ccccc2)cc1. The number of hydrogen-bond donors (Lipinski definition) is 2. The predicted octanol–water partition coefficient (Wildman–Crippen LogP) is 1.49. The molecule has 2 aromatic carbocycles. The summed E-state index contributed by atoms with van der Waals surface area (Å²) in [5.41, 5.74) is 0. The van der Waals surface area contributed by atoms with Gasteiger partial charge in [0.05, 0.1) is 0 Å². The van der Waals surface area contributed by atoms with Crippen molar-refractivity contribution in [1.82, 2.24) is 0 Å². The molecule has 0 amide bonds. The first-order valence-corrected chi connectivity index (χ1v) is 4.56. The van der Waals surface area contributed by atoms with Gasteiger partial charge < -0.3 is 4.74 Å². The maximum absolute atomic E-state index is 5.58. The number of benzene rings is 2. The van der Waals surface area contributed by atoms with E-state index >= 15 is 0 Å². The Balaban J connectivity index is 0. The maximum Gasteiger partial charge on any atom is 0.127 e. The summed E-state index contributed by atoms with van der Waals surface area (Å²) in [6.45, 7) is 0. The van der Waals surface area contributed by atoms with Crippen LogP contribution >= 0.6 is 13.5 Å². The average Bonchev–Trinajstić information content (AvgIpc) is 2.34. The third kappa shape index (κ3) is 7.05. The molecule has 2 rings (SSSR count). The molecule has 3 nitrogen and oxygen atoms in total. The van der Waals surface area contributed by atoms with Crippen molar-refractivity contribution >= 4 is 30.6 Å². The van der Waals surface area contributed by atoms with E-state index in [1.165, 1.54) is 0 Å². The molecule has 94 valence electrons. The van der Waals surface area contributed by atoms with Crippen LogP contribution in [0.2, 0.25) is 0 Å². The summed E-state index contributed by atoms with van der Waals surface area (Å²) in [6.07, 6.45) is 0. The molecule has 0 fully saturated rings. The van der Waals surface area contributed by atoms with E-state index in [0.717, 1.165) is 11.5 Å². The Bertz CT molecular complexity index is 335. The molecule has 0 spiro atoms. The minimum atomic E-state index is 0. The second-order valence-electron chi connectivity index (χ2n) is 2.73. The van der Waals surface area contributed by atoms with E-state index in [0.29, 0.717) is 0 Å². The molecular formula is C12H18N2OSSe. The van der Waals surface area contributed by atoms with E-state index < -0.39 is 0 Å². The molecule has 0 unspecified atom stereocenters. The maximum atomic E-state index is 5.58. The number of nitrogens with two attached hydrogens (primary N) is 2. The molecule has 0 heterocycles. The van der Waals surface area contributed by atoms with Crippen molar-refractivity contribution in [2.45, 2.75) is 0 Å². The van der Waals surface area contributed by atoms with Gasteiger partial charge in [0.25, 0.3) is 0 Å². The van der Waals surface area contributed by atoms with Gasteiger partial charge in [-0.2, -0.15) is 13.5 Å². The molecule has 0 aliphatic rings.